The summed E-state index contributed by atoms with van der Waals surface area (Å²) in [6.07, 6.45) is 4.30. The number of amides is 1. The average molecular weight is 342 g/mol. The number of carboxylic acid groups (broad SMARTS) is 1. The highest BCUT2D eigenvalue weighted by atomic mass is 79.9. The van der Waals surface area contributed by atoms with Crippen molar-refractivity contribution in [1.82, 2.24) is 4.90 Å². The molecule has 20 heavy (non-hydrogen) atoms. The quantitative estimate of drug-likeness (QED) is 0.858. The Labute approximate surface area is 125 Å². The van der Waals surface area contributed by atoms with Gasteiger partial charge in [0.15, 0.2) is 4.67 Å². The minimum Gasteiger partial charge on any atom is -0.481 e. The van der Waals surface area contributed by atoms with Gasteiger partial charge in [0.2, 0.25) is 5.91 Å². The molecule has 2 rings (SSSR count). The Kier molecular flexibility index (Phi) is 4.32. The molecule has 1 atom stereocenters. The zero-order valence-electron chi connectivity index (χ0n) is 11.1. The summed E-state index contributed by atoms with van der Waals surface area (Å²) in [6, 6.07) is 3.48. The average Bonchev–Trinajstić information content (AvgIpc) is 2.81. The fourth-order valence-corrected chi connectivity index (χ4v) is 2.60. The maximum Gasteiger partial charge on any atom is 0.311 e. The SMILES string of the molecule is CC1(C(=O)O)CCCN(C(=O)C=Cc2ccc(Br)o2)C1. The summed E-state index contributed by atoms with van der Waals surface area (Å²) in [4.78, 5) is 24.9. The van der Waals surface area contributed by atoms with Crippen molar-refractivity contribution in [3.63, 3.8) is 0 Å². The molecule has 108 valence electrons. The van der Waals surface area contributed by atoms with Crippen molar-refractivity contribution in [2.45, 2.75) is 19.8 Å². The van der Waals surface area contributed by atoms with E-state index in [0.717, 1.165) is 0 Å². The van der Waals surface area contributed by atoms with E-state index in [1.54, 1.807) is 30.0 Å². The summed E-state index contributed by atoms with van der Waals surface area (Å²) in [5.41, 5.74) is -0.852. The van der Waals surface area contributed by atoms with Crippen molar-refractivity contribution >= 4 is 33.9 Å². The highest BCUT2D eigenvalue weighted by Gasteiger charge is 2.38. The first-order valence-electron chi connectivity index (χ1n) is 6.36. The third-order valence-electron chi connectivity index (χ3n) is 3.51. The lowest BCUT2D eigenvalue weighted by molar-refractivity contribution is -0.152. The van der Waals surface area contributed by atoms with E-state index in [2.05, 4.69) is 15.9 Å². The predicted molar refractivity (Wildman–Crippen MR) is 77.0 cm³/mol. The van der Waals surface area contributed by atoms with E-state index in [-0.39, 0.29) is 12.5 Å². The molecule has 5 nitrogen and oxygen atoms in total. The van der Waals surface area contributed by atoms with Gasteiger partial charge >= 0.3 is 5.97 Å². The van der Waals surface area contributed by atoms with Gasteiger partial charge in [0.25, 0.3) is 0 Å². The maximum atomic E-state index is 12.1. The van der Waals surface area contributed by atoms with E-state index < -0.39 is 11.4 Å². The number of aliphatic carboxylic acids is 1. The third kappa shape index (κ3) is 3.30. The third-order valence-corrected chi connectivity index (χ3v) is 3.93. The molecule has 0 spiro atoms. The summed E-state index contributed by atoms with van der Waals surface area (Å²) in [6.45, 7) is 2.52. The number of likely N-dealkylation sites (tertiary alicyclic amines) is 1. The second-order valence-corrected chi connectivity index (χ2v) is 5.99. The molecule has 0 saturated carbocycles. The highest BCUT2D eigenvalue weighted by Crippen LogP contribution is 2.29. The van der Waals surface area contributed by atoms with Crippen LogP contribution in [0.5, 0.6) is 0 Å². The number of rotatable bonds is 3. The van der Waals surface area contributed by atoms with Gasteiger partial charge in [-0.25, -0.2) is 0 Å². The van der Waals surface area contributed by atoms with Gasteiger partial charge in [-0.2, -0.15) is 0 Å². The molecule has 0 radical (unpaired) electrons. The molecule has 1 aliphatic heterocycles. The summed E-state index contributed by atoms with van der Waals surface area (Å²) in [7, 11) is 0. The van der Waals surface area contributed by atoms with Crippen LogP contribution in [0, 0.1) is 5.41 Å². The number of piperidine rings is 1. The van der Waals surface area contributed by atoms with Crippen molar-refractivity contribution in [3.05, 3.63) is 28.6 Å². The van der Waals surface area contributed by atoms with Crippen molar-refractivity contribution < 1.29 is 19.1 Å². The number of halogens is 1. The fraction of sp³-hybridized carbons (Fsp3) is 0.429. The monoisotopic (exact) mass is 341 g/mol. The Hall–Kier alpha value is -1.56. The highest BCUT2D eigenvalue weighted by molar-refractivity contribution is 9.10. The molecule has 0 aromatic carbocycles. The van der Waals surface area contributed by atoms with Crippen molar-refractivity contribution in [1.29, 1.82) is 0 Å². The van der Waals surface area contributed by atoms with Crippen LogP contribution in [0.25, 0.3) is 6.08 Å². The molecule has 1 aromatic rings. The molecule has 1 amide bonds. The summed E-state index contributed by atoms with van der Waals surface area (Å²) < 4.78 is 5.86. The van der Waals surface area contributed by atoms with Crippen LogP contribution in [0.2, 0.25) is 0 Å². The lowest BCUT2D eigenvalue weighted by Gasteiger charge is -2.37. The van der Waals surface area contributed by atoms with Gasteiger partial charge < -0.3 is 14.4 Å². The molecule has 2 heterocycles. The normalized spacial score (nSPS) is 23.2. The molecule has 0 aliphatic carbocycles. The number of nitrogens with zero attached hydrogens (tertiary/aromatic N) is 1. The Balaban J connectivity index is 2.02. The van der Waals surface area contributed by atoms with Gasteiger partial charge in [-0.3, -0.25) is 9.59 Å². The topological polar surface area (TPSA) is 70.8 Å². The van der Waals surface area contributed by atoms with Crippen LogP contribution >= 0.6 is 15.9 Å². The Morgan fingerprint density at radius 1 is 1.50 bits per heavy atom. The summed E-state index contributed by atoms with van der Waals surface area (Å²) in [5.74, 6) is -0.470. The Bertz CT molecular complexity index is 551. The molecule has 1 saturated heterocycles. The van der Waals surface area contributed by atoms with Gasteiger partial charge in [0.05, 0.1) is 5.41 Å². The number of carbonyl (C=O) groups is 2. The van der Waals surface area contributed by atoms with Crippen LogP contribution in [-0.2, 0) is 9.59 Å². The number of carbonyl (C=O) groups excluding carboxylic acids is 1. The molecule has 0 bridgehead atoms. The smallest absolute Gasteiger partial charge is 0.311 e. The van der Waals surface area contributed by atoms with Gasteiger partial charge in [-0.15, -0.1) is 0 Å². The molecule has 1 fully saturated rings. The zero-order valence-corrected chi connectivity index (χ0v) is 12.7. The lowest BCUT2D eigenvalue weighted by Crippen LogP contribution is -2.47. The Morgan fingerprint density at radius 3 is 2.85 bits per heavy atom. The lowest BCUT2D eigenvalue weighted by atomic mass is 9.82. The summed E-state index contributed by atoms with van der Waals surface area (Å²) >= 11 is 3.19. The van der Waals surface area contributed by atoms with E-state index in [1.165, 1.54) is 6.08 Å². The molecule has 6 heteroatoms. The van der Waals surface area contributed by atoms with Crippen LogP contribution in [0.15, 0.2) is 27.3 Å². The molecule has 1 aliphatic rings. The molecule has 1 N–H and O–H groups in total. The van der Waals surface area contributed by atoms with Crippen molar-refractivity contribution in [2.24, 2.45) is 5.41 Å². The minimum atomic E-state index is -0.853. The number of hydrogen-bond donors (Lipinski definition) is 1. The van der Waals surface area contributed by atoms with E-state index >= 15 is 0 Å². The van der Waals surface area contributed by atoms with E-state index in [1.807, 2.05) is 0 Å². The largest absolute Gasteiger partial charge is 0.481 e. The first-order chi connectivity index (χ1) is 9.40. The molecular weight excluding hydrogens is 326 g/mol. The van der Waals surface area contributed by atoms with Crippen LogP contribution in [0.4, 0.5) is 0 Å². The maximum absolute atomic E-state index is 12.1. The summed E-state index contributed by atoms with van der Waals surface area (Å²) in [5, 5.41) is 9.23. The van der Waals surface area contributed by atoms with Crippen LogP contribution in [0.3, 0.4) is 0 Å². The molecule has 1 unspecified atom stereocenters. The Morgan fingerprint density at radius 2 is 2.25 bits per heavy atom. The number of hydrogen-bond acceptors (Lipinski definition) is 3. The van der Waals surface area contributed by atoms with E-state index in [9.17, 15) is 14.7 Å². The standard InChI is InChI=1S/C14H16BrNO4/c1-14(13(18)19)7-2-8-16(9-14)12(17)6-4-10-3-5-11(15)20-10/h3-6H,2,7-9H2,1H3,(H,18,19). The second kappa shape index (κ2) is 5.83. The predicted octanol–water partition coefficient (Wildman–Crippen LogP) is 2.77. The van der Waals surface area contributed by atoms with Gasteiger partial charge in [0, 0.05) is 19.2 Å². The van der Waals surface area contributed by atoms with Crippen LogP contribution < -0.4 is 0 Å². The van der Waals surface area contributed by atoms with Crippen LogP contribution in [0.1, 0.15) is 25.5 Å². The van der Waals surface area contributed by atoms with Crippen molar-refractivity contribution in [2.75, 3.05) is 13.1 Å². The molecule has 1 aromatic heterocycles. The van der Waals surface area contributed by atoms with E-state index in [0.29, 0.717) is 29.8 Å². The van der Waals surface area contributed by atoms with Gasteiger partial charge in [0.1, 0.15) is 5.76 Å². The molecular formula is C14H16BrNO4. The van der Waals surface area contributed by atoms with Crippen molar-refractivity contribution in [3.8, 4) is 0 Å². The number of furan rings is 1. The second-order valence-electron chi connectivity index (χ2n) is 5.20. The van der Waals surface area contributed by atoms with E-state index in [4.69, 9.17) is 4.42 Å². The van der Waals surface area contributed by atoms with Gasteiger partial charge in [-0.05, 0) is 53.9 Å². The van der Waals surface area contributed by atoms with Crippen LogP contribution in [-0.4, -0.2) is 35.0 Å². The number of carboxylic acids is 1. The van der Waals surface area contributed by atoms with Gasteiger partial charge in [-0.1, -0.05) is 0 Å². The minimum absolute atomic E-state index is 0.190. The zero-order chi connectivity index (χ0) is 14.8. The fourth-order valence-electron chi connectivity index (χ4n) is 2.28. The first-order valence-corrected chi connectivity index (χ1v) is 7.16. The first kappa shape index (κ1) is 14.8.